The highest BCUT2D eigenvalue weighted by molar-refractivity contribution is 5.69. The normalized spacial score (nSPS) is 14.1. The van der Waals surface area contributed by atoms with E-state index in [0.717, 1.165) is 5.56 Å². The van der Waals surface area contributed by atoms with Crippen LogP contribution in [0.3, 0.4) is 0 Å². The number of aryl methyl sites for hydroxylation is 1. The quantitative estimate of drug-likeness (QED) is 0.824. The molecular weight excluding hydrogens is 220 g/mol. The Labute approximate surface area is 101 Å². The molecule has 0 amide bonds. The van der Waals surface area contributed by atoms with Crippen LogP contribution in [-0.2, 0) is 10.4 Å². The number of hydrogen-bond donors (Lipinski definition) is 2. The number of aliphatic hydroxyl groups is 1. The summed E-state index contributed by atoms with van der Waals surface area (Å²) in [4.78, 5) is 10.8. The molecule has 1 atom stereocenters. The summed E-state index contributed by atoms with van der Waals surface area (Å²) in [6.45, 7) is 3.64. The van der Waals surface area contributed by atoms with Crippen molar-refractivity contribution in [1.82, 2.24) is 0 Å². The van der Waals surface area contributed by atoms with E-state index >= 15 is 0 Å². The summed E-state index contributed by atoms with van der Waals surface area (Å²) in [6, 6.07) is 5.37. The topological polar surface area (TPSA) is 66.8 Å². The van der Waals surface area contributed by atoms with Crippen molar-refractivity contribution in [2.75, 3.05) is 7.11 Å². The van der Waals surface area contributed by atoms with Crippen LogP contribution in [0, 0.1) is 6.92 Å². The molecule has 0 fully saturated rings. The number of benzene rings is 1. The standard InChI is InChI=1S/C13H18O4/c1-4-13(16,8-12(14)15)10-7-9(2)5-6-11(10)17-3/h5-7,16H,4,8H2,1-3H3,(H,14,15). The van der Waals surface area contributed by atoms with E-state index in [4.69, 9.17) is 9.84 Å². The van der Waals surface area contributed by atoms with Crippen molar-refractivity contribution in [2.24, 2.45) is 0 Å². The molecule has 0 aliphatic heterocycles. The van der Waals surface area contributed by atoms with Crippen molar-refractivity contribution in [1.29, 1.82) is 0 Å². The fourth-order valence-corrected chi connectivity index (χ4v) is 1.85. The Morgan fingerprint density at radius 1 is 1.47 bits per heavy atom. The number of aliphatic carboxylic acids is 1. The van der Waals surface area contributed by atoms with Crippen molar-refractivity contribution in [3.63, 3.8) is 0 Å². The molecule has 0 aromatic heterocycles. The van der Waals surface area contributed by atoms with Gasteiger partial charge in [-0.15, -0.1) is 0 Å². The molecule has 1 aromatic carbocycles. The fourth-order valence-electron chi connectivity index (χ4n) is 1.85. The predicted molar refractivity (Wildman–Crippen MR) is 64.2 cm³/mol. The molecule has 1 unspecified atom stereocenters. The predicted octanol–water partition coefficient (Wildman–Crippen LogP) is 2.08. The number of carbonyl (C=O) groups is 1. The summed E-state index contributed by atoms with van der Waals surface area (Å²) in [6.07, 6.45) is -0.0115. The van der Waals surface area contributed by atoms with Gasteiger partial charge in [0.25, 0.3) is 0 Å². The second-order valence-corrected chi connectivity index (χ2v) is 4.16. The smallest absolute Gasteiger partial charge is 0.306 e. The Morgan fingerprint density at radius 2 is 2.12 bits per heavy atom. The molecule has 0 heterocycles. The van der Waals surface area contributed by atoms with Gasteiger partial charge in [0.1, 0.15) is 11.4 Å². The average molecular weight is 238 g/mol. The van der Waals surface area contributed by atoms with E-state index in [1.807, 2.05) is 13.0 Å². The molecule has 0 aliphatic rings. The summed E-state index contributed by atoms with van der Waals surface area (Å²) in [5.74, 6) is -0.515. The lowest BCUT2D eigenvalue weighted by Gasteiger charge is -2.27. The molecule has 0 saturated carbocycles. The van der Waals surface area contributed by atoms with Gasteiger partial charge in [-0.05, 0) is 25.5 Å². The van der Waals surface area contributed by atoms with E-state index in [0.29, 0.717) is 17.7 Å². The Kier molecular flexibility index (Phi) is 4.12. The summed E-state index contributed by atoms with van der Waals surface area (Å²) >= 11 is 0. The highest BCUT2D eigenvalue weighted by atomic mass is 16.5. The molecule has 17 heavy (non-hydrogen) atoms. The van der Waals surface area contributed by atoms with Crippen LogP contribution >= 0.6 is 0 Å². The lowest BCUT2D eigenvalue weighted by molar-refractivity contribution is -0.143. The average Bonchev–Trinajstić information content (AvgIpc) is 2.28. The molecule has 2 N–H and O–H groups in total. The van der Waals surface area contributed by atoms with Gasteiger partial charge < -0.3 is 14.9 Å². The van der Waals surface area contributed by atoms with Gasteiger partial charge >= 0.3 is 5.97 Å². The van der Waals surface area contributed by atoms with Crippen LogP contribution < -0.4 is 4.74 Å². The number of carboxylic acid groups (broad SMARTS) is 1. The Hall–Kier alpha value is -1.55. The highest BCUT2D eigenvalue weighted by Gasteiger charge is 2.33. The highest BCUT2D eigenvalue weighted by Crippen LogP contribution is 2.35. The number of rotatable bonds is 5. The lowest BCUT2D eigenvalue weighted by atomic mass is 9.86. The van der Waals surface area contributed by atoms with Crippen LogP contribution in [0.2, 0.25) is 0 Å². The maximum absolute atomic E-state index is 10.8. The minimum atomic E-state index is -1.39. The van der Waals surface area contributed by atoms with Gasteiger partial charge in [-0.2, -0.15) is 0 Å². The van der Waals surface area contributed by atoms with Gasteiger partial charge in [0.2, 0.25) is 0 Å². The van der Waals surface area contributed by atoms with Crippen molar-refractivity contribution < 1.29 is 19.7 Å². The minimum Gasteiger partial charge on any atom is -0.496 e. The second-order valence-electron chi connectivity index (χ2n) is 4.16. The van der Waals surface area contributed by atoms with E-state index < -0.39 is 11.6 Å². The van der Waals surface area contributed by atoms with Gasteiger partial charge in [0.15, 0.2) is 0 Å². The monoisotopic (exact) mass is 238 g/mol. The molecule has 0 spiro atoms. The number of ether oxygens (including phenoxy) is 1. The van der Waals surface area contributed by atoms with E-state index in [1.165, 1.54) is 7.11 Å². The Balaban J connectivity index is 3.26. The molecule has 1 rings (SSSR count). The zero-order valence-corrected chi connectivity index (χ0v) is 10.4. The first-order chi connectivity index (χ1) is 7.92. The van der Waals surface area contributed by atoms with Crippen molar-refractivity contribution >= 4 is 5.97 Å². The van der Waals surface area contributed by atoms with Crippen LogP contribution in [0.5, 0.6) is 5.75 Å². The minimum absolute atomic E-state index is 0.319. The first kappa shape index (κ1) is 13.5. The maximum atomic E-state index is 10.8. The number of hydrogen-bond acceptors (Lipinski definition) is 3. The lowest BCUT2D eigenvalue weighted by Crippen LogP contribution is -2.28. The maximum Gasteiger partial charge on any atom is 0.306 e. The molecule has 0 aliphatic carbocycles. The van der Waals surface area contributed by atoms with E-state index in [1.54, 1.807) is 19.1 Å². The van der Waals surface area contributed by atoms with Crippen LogP contribution in [0.4, 0.5) is 0 Å². The molecule has 0 saturated heterocycles. The van der Waals surface area contributed by atoms with Crippen LogP contribution in [-0.4, -0.2) is 23.3 Å². The summed E-state index contributed by atoms with van der Waals surface area (Å²) in [7, 11) is 1.50. The van der Waals surface area contributed by atoms with Gasteiger partial charge in [-0.1, -0.05) is 18.6 Å². The van der Waals surface area contributed by atoms with Gasteiger partial charge in [-0.3, -0.25) is 4.79 Å². The first-order valence-corrected chi connectivity index (χ1v) is 5.52. The molecular formula is C13H18O4. The second kappa shape index (κ2) is 5.19. The fraction of sp³-hybridized carbons (Fsp3) is 0.462. The van der Waals surface area contributed by atoms with E-state index in [9.17, 15) is 9.90 Å². The number of carboxylic acids is 1. The van der Waals surface area contributed by atoms with Crippen molar-refractivity contribution in [3.8, 4) is 5.75 Å². The summed E-state index contributed by atoms with van der Waals surface area (Å²) in [5.41, 5.74) is 0.103. The third kappa shape index (κ3) is 2.97. The van der Waals surface area contributed by atoms with Crippen LogP contribution in [0.1, 0.15) is 30.9 Å². The molecule has 1 aromatic rings. The first-order valence-electron chi connectivity index (χ1n) is 5.52. The zero-order chi connectivity index (χ0) is 13.1. The Morgan fingerprint density at radius 3 is 2.59 bits per heavy atom. The third-order valence-corrected chi connectivity index (χ3v) is 2.88. The number of methoxy groups -OCH3 is 1. The Bertz CT molecular complexity index is 414. The molecule has 0 bridgehead atoms. The molecule has 94 valence electrons. The largest absolute Gasteiger partial charge is 0.496 e. The van der Waals surface area contributed by atoms with Crippen molar-refractivity contribution in [3.05, 3.63) is 29.3 Å². The van der Waals surface area contributed by atoms with Gasteiger partial charge in [0.05, 0.1) is 13.5 Å². The van der Waals surface area contributed by atoms with E-state index in [-0.39, 0.29) is 6.42 Å². The zero-order valence-electron chi connectivity index (χ0n) is 10.4. The van der Waals surface area contributed by atoms with Gasteiger partial charge in [-0.25, -0.2) is 0 Å². The van der Waals surface area contributed by atoms with Crippen LogP contribution in [0.15, 0.2) is 18.2 Å². The molecule has 0 radical (unpaired) electrons. The summed E-state index contributed by atoms with van der Waals surface area (Å²) in [5, 5.41) is 19.3. The van der Waals surface area contributed by atoms with Gasteiger partial charge in [0, 0.05) is 5.56 Å². The van der Waals surface area contributed by atoms with Crippen molar-refractivity contribution in [2.45, 2.75) is 32.3 Å². The summed E-state index contributed by atoms with van der Waals surface area (Å²) < 4.78 is 5.18. The molecule has 4 heteroatoms. The third-order valence-electron chi connectivity index (χ3n) is 2.88. The van der Waals surface area contributed by atoms with Crippen LogP contribution in [0.25, 0.3) is 0 Å². The SMILES string of the molecule is CCC(O)(CC(=O)O)c1cc(C)ccc1OC. The molecule has 4 nitrogen and oxygen atoms in total. The van der Waals surface area contributed by atoms with E-state index in [2.05, 4.69) is 0 Å².